The van der Waals surface area contributed by atoms with E-state index in [1.807, 2.05) is 31.2 Å². The molecule has 0 bridgehead atoms. The standard InChI is InChI=1S/C20H16ClNO5/c1-12-4-2-3-5-13(12)10-22-19(24)11-26-20(25)18-9-16(23)15-8-14(21)6-7-17(15)27-18/h2-9H,10-11H2,1H3,(H,22,24). The zero-order chi connectivity index (χ0) is 19.4. The number of aryl methyl sites for hydroxylation is 1. The van der Waals surface area contributed by atoms with Crippen molar-refractivity contribution in [3.63, 3.8) is 0 Å². The van der Waals surface area contributed by atoms with Crippen LogP contribution in [0.1, 0.15) is 21.7 Å². The van der Waals surface area contributed by atoms with Gasteiger partial charge in [-0.2, -0.15) is 0 Å². The van der Waals surface area contributed by atoms with E-state index in [2.05, 4.69) is 5.32 Å². The predicted octanol–water partition coefficient (Wildman–Crippen LogP) is 3.23. The number of fused-ring (bicyclic) bond motifs is 1. The molecule has 7 heteroatoms. The van der Waals surface area contributed by atoms with E-state index in [4.69, 9.17) is 20.8 Å². The zero-order valence-corrected chi connectivity index (χ0v) is 15.2. The fourth-order valence-corrected chi connectivity index (χ4v) is 2.66. The molecule has 1 heterocycles. The van der Waals surface area contributed by atoms with E-state index in [1.54, 1.807) is 6.07 Å². The Morgan fingerprint density at radius 3 is 2.70 bits per heavy atom. The molecule has 138 valence electrons. The number of carbonyl (C=O) groups is 2. The molecule has 0 saturated heterocycles. The third-order valence-corrected chi connectivity index (χ3v) is 4.20. The lowest BCUT2D eigenvalue weighted by Gasteiger charge is -2.08. The van der Waals surface area contributed by atoms with E-state index < -0.39 is 23.9 Å². The van der Waals surface area contributed by atoms with Crippen molar-refractivity contribution in [1.29, 1.82) is 0 Å². The molecule has 0 spiro atoms. The van der Waals surface area contributed by atoms with Crippen molar-refractivity contribution < 1.29 is 18.7 Å². The Labute approximate surface area is 159 Å². The van der Waals surface area contributed by atoms with Gasteiger partial charge in [0, 0.05) is 17.6 Å². The van der Waals surface area contributed by atoms with Gasteiger partial charge in [0.1, 0.15) is 5.58 Å². The summed E-state index contributed by atoms with van der Waals surface area (Å²) in [6, 6.07) is 13.1. The molecule has 27 heavy (non-hydrogen) atoms. The minimum absolute atomic E-state index is 0.211. The highest BCUT2D eigenvalue weighted by molar-refractivity contribution is 6.31. The second-order valence-electron chi connectivity index (χ2n) is 5.89. The number of ether oxygens (including phenoxy) is 1. The Balaban J connectivity index is 1.61. The SMILES string of the molecule is Cc1ccccc1CNC(=O)COC(=O)c1cc(=O)c2cc(Cl)ccc2o1. The summed E-state index contributed by atoms with van der Waals surface area (Å²) in [6.45, 7) is 1.79. The van der Waals surface area contributed by atoms with Crippen LogP contribution in [0, 0.1) is 6.92 Å². The minimum atomic E-state index is -0.894. The van der Waals surface area contributed by atoms with Crippen LogP contribution in [0.2, 0.25) is 5.02 Å². The molecule has 0 unspecified atom stereocenters. The summed E-state index contributed by atoms with van der Waals surface area (Å²) in [4.78, 5) is 36.0. The molecule has 6 nitrogen and oxygen atoms in total. The third kappa shape index (κ3) is 4.54. The van der Waals surface area contributed by atoms with Gasteiger partial charge in [-0.25, -0.2) is 4.79 Å². The zero-order valence-electron chi connectivity index (χ0n) is 14.5. The Morgan fingerprint density at radius 1 is 1.15 bits per heavy atom. The largest absolute Gasteiger partial charge is 0.450 e. The number of halogens is 1. The van der Waals surface area contributed by atoms with Gasteiger partial charge in [-0.1, -0.05) is 35.9 Å². The first-order valence-corrected chi connectivity index (χ1v) is 8.53. The van der Waals surface area contributed by atoms with Gasteiger partial charge in [-0.05, 0) is 36.2 Å². The number of amides is 1. The van der Waals surface area contributed by atoms with Gasteiger partial charge in [0.25, 0.3) is 5.91 Å². The number of benzene rings is 2. The topological polar surface area (TPSA) is 85.6 Å². The van der Waals surface area contributed by atoms with E-state index in [-0.39, 0.29) is 16.7 Å². The third-order valence-electron chi connectivity index (χ3n) is 3.96. The average molecular weight is 386 g/mol. The van der Waals surface area contributed by atoms with Crippen molar-refractivity contribution in [1.82, 2.24) is 5.32 Å². The fraction of sp³-hybridized carbons (Fsp3) is 0.150. The molecule has 0 aliphatic heterocycles. The number of hydrogen-bond acceptors (Lipinski definition) is 5. The number of hydrogen-bond donors (Lipinski definition) is 1. The van der Waals surface area contributed by atoms with Crippen LogP contribution < -0.4 is 10.7 Å². The van der Waals surface area contributed by atoms with Crippen LogP contribution in [-0.2, 0) is 16.1 Å². The van der Waals surface area contributed by atoms with Crippen molar-refractivity contribution in [3.05, 3.63) is 80.7 Å². The lowest BCUT2D eigenvalue weighted by atomic mass is 10.1. The number of esters is 1. The number of rotatable bonds is 5. The van der Waals surface area contributed by atoms with Gasteiger partial charge in [0.05, 0.1) is 5.39 Å². The molecule has 0 saturated carbocycles. The molecule has 3 aromatic rings. The molecule has 0 aliphatic rings. The van der Waals surface area contributed by atoms with E-state index in [0.29, 0.717) is 11.6 Å². The molecular formula is C20H16ClNO5. The molecule has 0 atom stereocenters. The quantitative estimate of drug-likeness (QED) is 0.681. The molecule has 1 N–H and O–H groups in total. The molecule has 2 aromatic carbocycles. The summed E-state index contributed by atoms with van der Waals surface area (Å²) in [7, 11) is 0. The maximum Gasteiger partial charge on any atom is 0.374 e. The molecule has 1 aromatic heterocycles. The van der Waals surface area contributed by atoms with Gasteiger partial charge in [-0.15, -0.1) is 0 Å². The minimum Gasteiger partial charge on any atom is -0.450 e. The Morgan fingerprint density at radius 2 is 1.93 bits per heavy atom. The Hall–Kier alpha value is -3.12. The van der Waals surface area contributed by atoms with Gasteiger partial charge < -0.3 is 14.5 Å². The van der Waals surface area contributed by atoms with Crippen LogP contribution in [0.25, 0.3) is 11.0 Å². The Kier molecular flexibility index (Phi) is 5.57. The lowest BCUT2D eigenvalue weighted by Crippen LogP contribution is -2.28. The molecular weight excluding hydrogens is 370 g/mol. The average Bonchev–Trinajstić information content (AvgIpc) is 2.65. The highest BCUT2D eigenvalue weighted by atomic mass is 35.5. The van der Waals surface area contributed by atoms with Crippen molar-refractivity contribution in [2.24, 2.45) is 0 Å². The van der Waals surface area contributed by atoms with Crippen LogP contribution in [0.5, 0.6) is 0 Å². The normalized spacial score (nSPS) is 10.6. The van der Waals surface area contributed by atoms with Gasteiger partial charge in [-0.3, -0.25) is 9.59 Å². The highest BCUT2D eigenvalue weighted by Gasteiger charge is 2.15. The van der Waals surface area contributed by atoms with E-state index in [1.165, 1.54) is 12.1 Å². The van der Waals surface area contributed by atoms with Gasteiger partial charge in [0.15, 0.2) is 12.0 Å². The van der Waals surface area contributed by atoms with E-state index >= 15 is 0 Å². The van der Waals surface area contributed by atoms with Gasteiger partial charge in [0.2, 0.25) is 5.76 Å². The molecule has 0 fully saturated rings. The fourth-order valence-electron chi connectivity index (χ4n) is 2.48. The summed E-state index contributed by atoms with van der Waals surface area (Å²) >= 11 is 5.84. The first-order chi connectivity index (χ1) is 12.9. The maximum absolute atomic E-state index is 12.1. The van der Waals surface area contributed by atoms with E-state index in [0.717, 1.165) is 17.2 Å². The molecule has 3 rings (SSSR count). The summed E-state index contributed by atoms with van der Waals surface area (Å²) in [5, 5.41) is 3.31. The summed E-state index contributed by atoms with van der Waals surface area (Å²) in [6.07, 6.45) is 0. The number of nitrogens with one attached hydrogen (secondary N) is 1. The summed E-state index contributed by atoms with van der Waals surface area (Å²) in [5.74, 6) is -1.63. The van der Waals surface area contributed by atoms with Crippen LogP contribution >= 0.6 is 11.6 Å². The van der Waals surface area contributed by atoms with Gasteiger partial charge >= 0.3 is 5.97 Å². The van der Waals surface area contributed by atoms with Crippen LogP contribution in [0.4, 0.5) is 0 Å². The van der Waals surface area contributed by atoms with Crippen molar-refractivity contribution >= 4 is 34.4 Å². The smallest absolute Gasteiger partial charge is 0.374 e. The van der Waals surface area contributed by atoms with Crippen LogP contribution in [-0.4, -0.2) is 18.5 Å². The van der Waals surface area contributed by atoms with E-state index in [9.17, 15) is 14.4 Å². The van der Waals surface area contributed by atoms with Crippen molar-refractivity contribution in [2.75, 3.05) is 6.61 Å². The first-order valence-electron chi connectivity index (χ1n) is 8.16. The highest BCUT2D eigenvalue weighted by Crippen LogP contribution is 2.18. The van der Waals surface area contributed by atoms with Crippen LogP contribution in [0.15, 0.2) is 57.7 Å². The monoisotopic (exact) mass is 385 g/mol. The summed E-state index contributed by atoms with van der Waals surface area (Å²) < 4.78 is 10.3. The predicted molar refractivity (Wildman–Crippen MR) is 101 cm³/mol. The summed E-state index contributed by atoms with van der Waals surface area (Å²) in [5.41, 5.74) is 1.81. The number of carbonyl (C=O) groups excluding carboxylic acids is 2. The first kappa shape index (κ1) is 18.7. The maximum atomic E-state index is 12.1. The van der Waals surface area contributed by atoms with Crippen LogP contribution in [0.3, 0.4) is 0 Å². The van der Waals surface area contributed by atoms with Crippen molar-refractivity contribution in [2.45, 2.75) is 13.5 Å². The second-order valence-corrected chi connectivity index (χ2v) is 6.33. The lowest BCUT2D eigenvalue weighted by molar-refractivity contribution is -0.124. The molecule has 0 radical (unpaired) electrons. The molecule has 0 aliphatic carbocycles. The second kappa shape index (κ2) is 8.05. The van der Waals surface area contributed by atoms with Crippen molar-refractivity contribution in [3.8, 4) is 0 Å². The molecule has 1 amide bonds. The Bertz CT molecular complexity index is 1070.